The quantitative estimate of drug-likeness (QED) is 0.529. The fourth-order valence-corrected chi connectivity index (χ4v) is 3.67. The molecule has 3 rings (SSSR count). The lowest BCUT2D eigenvalue weighted by Gasteiger charge is -2.12. The smallest absolute Gasteiger partial charge is 0.266 e. The maximum absolute atomic E-state index is 12.8. The molecule has 4 nitrogen and oxygen atoms in total. The molecule has 0 unspecified atom stereocenters. The van der Waals surface area contributed by atoms with E-state index in [9.17, 15) is 4.79 Å². The van der Waals surface area contributed by atoms with Gasteiger partial charge in [0.2, 0.25) is 0 Å². The third-order valence-electron chi connectivity index (χ3n) is 3.77. The minimum atomic E-state index is -0.0815. The lowest BCUT2D eigenvalue weighted by Crippen LogP contribution is -2.28. The summed E-state index contributed by atoms with van der Waals surface area (Å²) in [6.07, 6.45) is 7.08. The standard InChI is InChI=1S/C21H17ClN2O2S/c1-3-13-26-18-8-6-5-7-15(18)14-19-20(25)24(4-2)21(27-19)23-17-11-9-16(22)10-12-17/h1,5-12,14H,4,13H2,2H3/b19-14+,23-21?. The highest BCUT2D eigenvalue weighted by Crippen LogP contribution is 2.35. The van der Waals surface area contributed by atoms with E-state index in [0.717, 1.165) is 11.3 Å². The van der Waals surface area contributed by atoms with Crippen LogP contribution in [-0.4, -0.2) is 29.1 Å². The number of benzene rings is 2. The molecule has 1 amide bonds. The van der Waals surface area contributed by atoms with Gasteiger partial charge in [-0.2, -0.15) is 0 Å². The molecule has 0 aromatic heterocycles. The predicted octanol–water partition coefficient (Wildman–Crippen LogP) is 4.98. The van der Waals surface area contributed by atoms with Crippen LogP contribution in [0.25, 0.3) is 6.08 Å². The Bertz CT molecular complexity index is 945. The molecule has 27 heavy (non-hydrogen) atoms. The summed E-state index contributed by atoms with van der Waals surface area (Å²) in [5.74, 6) is 3.01. The fraction of sp³-hybridized carbons (Fsp3) is 0.143. The Morgan fingerprint density at radius 3 is 2.70 bits per heavy atom. The first-order chi connectivity index (χ1) is 13.1. The molecule has 0 bridgehead atoms. The van der Waals surface area contributed by atoms with Gasteiger partial charge in [0, 0.05) is 17.1 Å². The van der Waals surface area contributed by atoms with Crippen molar-refractivity contribution in [3.8, 4) is 18.1 Å². The second kappa shape index (κ2) is 8.81. The van der Waals surface area contributed by atoms with Gasteiger partial charge in [0.05, 0.1) is 10.6 Å². The average Bonchev–Trinajstić information content (AvgIpc) is 2.97. The van der Waals surface area contributed by atoms with E-state index >= 15 is 0 Å². The van der Waals surface area contributed by atoms with Crippen LogP contribution in [0, 0.1) is 12.3 Å². The van der Waals surface area contributed by atoms with E-state index < -0.39 is 0 Å². The van der Waals surface area contributed by atoms with Gasteiger partial charge in [0.25, 0.3) is 5.91 Å². The topological polar surface area (TPSA) is 41.9 Å². The van der Waals surface area contributed by atoms with Crippen LogP contribution in [0.1, 0.15) is 12.5 Å². The Hall–Kier alpha value is -2.68. The molecule has 0 saturated carbocycles. The maximum atomic E-state index is 12.8. The Labute approximate surface area is 167 Å². The van der Waals surface area contributed by atoms with Crippen molar-refractivity contribution in [3.05, 3.63) is 64.0 Å². The molecule has 0 atom stereocenters. The Balaban J connectivity index is 1.92. The van der Waals surface area contributed by atoms with Crippen LogP contribution in [0.3, 0.4) is 0 Å². The van der Waals surface area contributed by atoms with Crippen LogP contribution in [-0.2, 0) is 4.79 Å². The summed E-state index contributed by atoms with van der Waals surface area (Å²) in [6, 6.07) is 14.6. The van der Waals surface area contributed by atoms with Gasteiger partial charge in [-0.25, -0.2) is 4.99 Å². The van der Waals surface area contributed by atoms with Gasteiger partial charge in [-0.15, -0.1) is 6.42 Å². The van der Waals surface area contributed by atoms with Crippen molar-refractivity contribution in [1.29, 1.82) is 0 Å². The first-order valence-corrected chi connectivity index (χ1v) is 9.52. The third-order valence-corrected chi connectivity index (χ3v) is 5.03. The van der Waals surface area contributed by atoms with Crippen LogP contribution in [0.2, 0.25) is 5.02 Å². The summed E-state index contributed by atoms with van der Waals surface area (Å²) in [6.45, 7) is 2.62. The fourth-order valence-electron chi connectivity index (χ4n) is 2.49. The molecule has 0 spiro atoms. The summed E-state index contributed by atoms with van der Waals surface area (Å²) in [5.41, 5.74) is 1.54. The Morgan fingerprint density at radius 2 is 2.00 bits per heavy atom. The molecule has 2 aromatic rings. The van der Waals surface area contributed by atoms with E-state index in [4.69, 9.17) is 22.8 Å². The number of halogens is 1. The molecule has 1 fully saturated rings. The SMILES string of the molecule is C#CCOc1ccccc1/C=C1/SC(=Nc2ccc(Cl)cc2)N(CC)C1=O. The highest BCUT2D eigenvalue weighted by molar-refractivity contribution is 8.18. The van der Waals surface area contributed by atoms with Crippen LogP contribution >= 0.6 is 23.4 Å². The van der Waals surface area contributed by atoms with Crippen LogP contribution in [0.15, 0.2) is 58.4 Å². The van der Waals surface area contributed by atoms with Crippen LogP contribution < -0.4 is 4.74 Å². The molecule has 1 saturated heterocycles. The molecule has 136 valence electrons. The van der Waals surface area contributed by atoms with Gasteiger partial charge in [-0.05, 0) is 55.1 Å². The zero-order valence-electron chi connectivity index (χ0n) is 14.7. The largest absolute Gasteiger partial charge is 0.480 e. The number of aliphatic imine (C=N–C) groups is 1. The molecule has 0 N–H and O–H groups in total. The minimum absolute atomic E-state index is 0.0815. The Kier molecular flexibility index (Phi) is 6.23. The summed E-state index contributed by atoms with van der Waals surface area (Å²) >= 11 is 7.26. The van der Waals surface area contributed by atoms with Crippen molar-refractivity contribution in [2.75, 3.05) is 13.2 Å². The first-order valence-electron chi connectivity index (χ1n) is 8.33. The number of carbonyl (C=O) groups is 1. The number of terminal acetylenes is 1. The maximum Gasteiger partial charge on any atom is 0.266 e. The molecule has 6 heteroatoms. The van der Waals surface area contributed by atoms with Gasteiger partial charge in [0.15, 0.2) is 5.17 Å². The number of rotatable bonds is 5. The molecular formula is C21H17ClN2O2S. The van der Waals surface area contributed by atoms with Crippen molar-refractivity contribution in [1.82, 2.24) is 4.90 Å². The number of thioether (sulfide) groups is 1. The highest BCUT2D eigenvalue weighted by atomic mass is 35.5. The summed E-state index contributed by atoms with van der Waals surface area (Å²) in [4.78, 5) is 19.6. The number of carbonyl (C=O) groups excluding carboxylic acids is 1. The van der Waals surface area contributed by atoms with Crippen molar-refractivity contribution < 1.29 is 9.53 Å². The van der Waals surface area contributed by atoms with Gasteiger partial charge in [0.1, 0.15) is 12.4 Å². The van der Waals surface area contributed by atoms with Crippen molar-refractivity contribution >= 4 is 46.2 Å². The second-order valence-corrected chi connectivity index (χ2v) is 7.01. The number of hydrogen-bond donors (Lipinski definition) is 0. The number of nitrogens with zero attached hydrogens (tertiary/aromatic N) is 2. The van der Waals surface area contributed by atoms with E-state index in [2.05, 4.69) is 10.9 Å². The van der Waals surface area contributed by atoms with E-state index in [1.807, 2.05) is 49.4 Å². The highest BCUT2D eigenvalue weighted by Gasteiger charge is 2.32. The van der Waals surface area contributed by atoms with E-state index in [1.165, 1.54) is 11.8 Å². The average molecular weight is 397 g/mol. The number of hydrogen-bond acceptors (Lipinski definition) is 4. The van der Waals surface area contributed by atoms with Gasteiger partial charge in [-0.1, -0.05) is 35.7 Å². The van der Waals surface area contributed by atoms with Gasteiger partial charge < -0.3 is 4.74 Å². The molecule has 0 radical (unpaired) electrons. The zero-order chi connectivity index (χ0) is 19.2. The van der Waals surface area contributed by atoms with E-state index in [0.29, 0.717) is 27.4 Å². The molecule has 1 aliphatic rings. The van der Waals surface area contributed by atoms with E-state index in [-0.39, 0.29) is 12.5 Å². The lowest BCUT2D eigenvalue weighted by atomic mass is 10.2. The third kappa shape index (κ3) is 4.54. The van der Waals surface area contributed by atoms with Gasteiger partial charge in [-0.3, -0.25) is 9.69 Å². The monoisotopic (exact) mass is 396 g/mol. The van der Waals surface area contributed by atoms with Crippen molar-refractivity contribution in [2.24, 2.45) is 4.99 Å². The number of likely N-dealkylation sites (N-methyl/N-ethyl adjacent to an activating group) is 1. The summed E-state index contributed by atoms with van der Waals surface area (Å²) in [7, 11) is 0. The second-order valence-electron chi connectivity index (χ2n) is 5.56. The van der Waals surface area contributed by atoms with Crippen LogP contribution in [0.4, 0.5) is 5.69 Å². The van der Waals surface area contributed by atoms with Gasteiger partial charge >= 0.3 is 0 Å². The summed E-state index contributed by atoms with van der Waals surface area (Å²) < 4.78 is 5.56. The number of amides is 1. The first kappa shape index (κ1) is 19.1. The molecule has 0 aliphatic carbocycles. The molecule has 1 heterocycles. The predicted molar refractivity (Wildman–Crippen MR) is 112 cm³/mol. The normalized spacial score (nSPS) is 16.8. The van der Waals surface area contributed by atoms with Crippen molar-refractivity contribution in [3.63, 3.8) is 0 Å². The molecule has 2 aromatic carbocycles. The lowest BCUT2D eigenvalue weighted by molar-refractivity contribution is -0.122. The number of amidine groups is 1. The Morgan fingerprint density at radius 1 is 1.26 bits per heavy atom. The van der Waals surface area contributed by atoms with E-state index in [1.54, 1.807) is 17.0 Å². The molecule has 1 aliphatic heterocycles. The van der Waals surface area contributed by atoms with Crippen molar-refractivity contribution in [2.45, 2.75) is 6.92 Å². The summed E-state index contributed by atoms with van der Waals surface area (Å²) in [5, 5.41) is 1.28. The number of para-hydroxylation sites is 1. The minimum Gasteiger partial charge on any atom is -0.480 e. The van der Waals surface area contributed by atoms with Crippen LogP contribution in [0.5, 0.6) is 5.75 Å². The molecular weight excluding hydrogens is 380 g/mol. The number of ether oxygens (including phenoxy) is 1. The zero-order valence-corrected chi connectivity index (χ0v) is 16.3.